The highest BCUT2D eigenvalue weighted by Gasteiger charge is 2.53. The Morgan fingerprint density at radius 3 is 2.15 bits per heavy atom. The minimum absolute atomic E-state index is 0.356. The molecule has 1 aromatic heterocycles. The average Bonchev–Trinajstić information content (AvgIpc) is 2.57. The molecule has 0 amide bonds. The van der Waals surface area contributed by atoms with Gasteiger partial charge >= 0.3 is 7.12 Å². The second kappa shape index (κ2) is 5.04. The largest absolute Gasteiger partial charge is 0.518 e. The van der Waals surface area contributed by atoms with Crippen molar-refractivity contribution in [2.45, 2.75) is 58.7 Å². The molecule has 0 bridgehead atoms. The summed E-state index contributed by atoms with van der Waals surface area (Å²) in [5.41, 5.74) is 1.08. The molecule has 0 aliphatic carbocycles. The highest BCUT2D eigenvalue weighted by molar-refractivity contribution is 6.62. The third-order valence-corrected chi connectivity index (χ3v) is 4.27. The van der Waals surface area contributed by atoms with Crippen LogP contribution >= 0.6 is 0 Å². The Kier molecular flexibility index (Phi) is 3.86. The van der Waals surface area contributed by atoms with Crippen molar-refractivity contribution in [1.29, 1.82) is 0 Å². The van der Waals surface area contributed by atoms with E-state index in [1.54, 1.807) is 13.3 Å². The van der Waals surface area contributed by atoms with Crippen molar-refractivity contribution in [1.82, 2.24) is 4.98 Å². The summed E-state index contributed by atoms with van der Waals surface area (Å²) in [4.78, 5) is 4.43. The number of methoxy groups -OCH3 is 1. The second-order valence-electron chi connectivity index (χ2n) is 6.56. The number of rotatable bonds is 3. The number of aromatic nitrogens is 1. The zero-order valence-electron chi connectivity index (χ0n) is 13.5. The van der Waals surface area contributed by atoms with E-state index in [2.05, 4.69) is 18.8 Å². The van der Waals surface area contributed by atoms with Gasteiger partial charge in [0.15, 0.2) is 0 Å². The van der Waals surface area contributed by atoms with E-state index >= 15 is 0 Å². The minimum atomic E-state index is -0.492. The summed E-state index contributed by atoms with van der Waals surface area (Å²) in [7, 11) is 1.17. The van der Waals surface area contributed by atoms with E-state index in [4.69, 9.17) is 14.0 Å². The summed E-state index contributed by atoms with van der Waals surface area (Å²) in [5.74, 6) is 1.12. The van der Waals surface area contributed by atoms with Crippen molar-refractivity contribution in [3.05, 3.63) is 17.8 Å². The number of pyridine rings is 1. The van der Waals surface area contributed by atoms with Crippen LogP contribution in [0.1, 0.15) is 53.0 Å². The van der Waals surface area contributed by atoms with Gasteiger partial charge in [-0.25, -0.2) is 0 Å². The van der Waals surface area contributed by atoms with Crippen LogP contribution in [0, 0.1) is 0 Å². The Balaban J connectivity index is 2.43. The Bertz CT molecular complexity index is 484. The molecule has 4 nitrogen and oxygen atoms in total. The standard InChI is InChI=1S/C15H24BNO3/c1-10(2)11-8-9-17-13(12(11)18-7)16-19-14(3,4)15(5,6)20-16/h8-10H,1-7H3. The van der Waals surface area contributed by atoms with Gasteiger partial charge in [-0.3, -0.25) is 4.98 Å². The molecule has 1 saturated heterocycles. The Labute approximate surface area is 122 Å². The molecule has 2 heterocycles. The smallest absolute Gasteiger partial charge is 0.495 e. The summed E-state index contributed by atoms with van der Waals surface area (Å²) < 4.78 is 17.7. The van der Waals surface area contributed by atoms with Crippen LogP contribution in [0.2, 0.25) is 0 Å². The molecule has 0 spiro atoms. The predicted molar refractivity (Wildman–Crippen MR) is 80.6 cm³/mol. The van der Waals surface area contributed by atoms with Gasteiger partial charge in [0.05, 0.1) is 18.3 Å². The highest BCUT2D eigenvalue weighted by Crippen LogP contribution is 2.37. The van der Waals surface area contributed by atoms with Gasteiger partial charge in [-0.2, -0.15) is 0 Å². The molecule has 0 unspecified atom stereocenters. The number of nitrogens with zero attached hydrogens (tertiary/aromatic N) is 1. The average molecular weight is 277 g/mol. The van der Waals surface area contributed by atoms with Crippen LogP contribution < -0.4 is 10.3 Å². The quantitative estimate of drug-likeness (QED) is 0.796. The zero-order valence-corrected chi connectivity index (χ0v) is 13.5. The van der Waals surface area contributed by atoms with Crippen molar-refractivity contribution < 1.29 is 14.0 Å². The Hall–Kier alpha value is -1.07. The molecule has 2 rings (SSSR count). The van der Waals surface area contributed by atoms with Gasteiger partial charge in [-0.05, 0) is 45.2 Å². The Morgan fingerprint density at radius 2 is 1.70 bits per heavy atom. The van der Waals surface area contributed by atoms with Crippen LogP contribution in [-0.2, 0) is 9.31 Å². The first-order valence-corrected chi connectivity index (χ1v) is 7.08. The van der Waals surface area contributed by atoms with Crippen LogP contribution in [0.25, 0.3) is 0 Å². The van der Waals surface area contributed by atoms with Gasteiger partial charge in [0.25, 0.3) is 0 Å². The van der Waals surface area contributed by atoms with E-state index in [0.717, 1.165) is 16.9 Å². The van der Waals surface area contributed by atoms with Crippen LogP contribution in [0.5, 0.6) is 5.75 Å². The topological polar surface area (TPSA) is 40.6 Å². The maximum atomic E-state index is 6.06. The number of hydrogen-bond acceptors (Lipinski definition) is 4. The molecule has 0 saturated carbocycles. The molecule has 1 aliphatic heterocycles. The lowest BCUT2D eigenvalue weighted by molar-refractivity contribution is 0.00578. The first kappa shape index (κ1) is 15.3. The first-order chi connectivity index (χ1) is 9.19. The summed E-state index contributed by atoms with van der Waals surface area (Å²) >= 11 is 0. The molecule has 20 heavy (non-hydrogen) atoms. The lowest BCUT2D eigenvalue weighted by Gasteiger charge is -2.32. The van der Waals surface area contributed by atoms with Crippen LogP contribution in [-0.4, -0.2) is 30.4 Å². The zero-order chi connectivity index (χ0) is 15.1. The van der Waals surface area contributed by atoms with E-state index in [9.17, 15) is 0 Å². The predicted octanol–water partition coefficient (Wildman–Crippen LogP) is 2.51. The normalized spacial score (nSPS) is 20.5. The lowest BCUT2D eigenvalue weighted by atomic mass is 9.81. The molecule has 110 valence electrons. The molecule has 1 fully saturated rings. The fraction of sp³-hybridized carbons (Fsp3) is 0.667. The third-order valence-electron chi connectivity index (χ3n) is 4.27. The monoisotopic (exact) mass is 277 g/mol. The van der Waals surface area contributed by atoms with Gasteiger partial charge in [0, 0.05) is 6.20 Å². The molecule has 0 radical (unpaired) electrons. The molecule has 1 aliphatic rings. The van der Waals surface area contributed by atoms with Crippen molar-refractivity contribution in [2.75, 3.05) is 7.11 Å². The summed E-state index contributed by atoms with van der Waals surface area (Å²) in [5, 5.41) is 0. The number of ether oxygens (including phenoxy) is 1. The van der Waals surface area contributed by atoms with Gasteiger partial charge in [0.1, 0.15) is 11.3 Å². The number of hydrogen-bond donors (Lipinski definition) is 0. The van der Waals surface area contributed by atoms with Gasteiger partial charge in [0.2, 0.25) is 0 Å². The Morgan fingerprint density at radius 1 is 1.15 bits per heavy atom. The van der Waals surface area contributed by atoms with Crippen LogP contribution in [0.15, 0.2) is 12.3 Å². The molecule has 0 aromatic carbocycles. The molecular weight excluding hydrogens is 253 g/mol. The van der Waals surface area contributed by atoms with E-state index in [1.807, 2.05) is 33.8 Å². The van der Waals surface area contributed by atoms with Crippen molar-refractivity contribution in [3.63, 3.8) is 0 Å². The van der Waals surface area contributed by atoms with E-state index in [-0.39, 0.29) is 11.2 Å². The summed E-state index contributed by atoms with van der Waals surface area (Å²) in [6.07, 6.45) is 1.79. The highest BCUT2D eigenvalue weighted by atomic mass is 16.7. The molecule has 1 aromatic rings. The van der Waals surface area contributed by atoms with Crippen molar-refractivity contribution in [2.24, 2.45) is 0 Å². The van der Waals surface area contributed by atoms with Crippen LogP contribution in [0.3, 0.4) is 0 Å². The van der Waals surface area contributed by atoms with Crippen LogP contribution in [0.4, 0.5) is 0 Å². The minimum Gasteiger partial charge on any atom is -0.495 e. The first-order valence-electron chi connectivity index (χ1n) is 7.08. The van der Waals surface area contributed by atoms with E-state index in [0.29, 0.717) is 5.92 Å². The second-order valence-corrected chi connectivity index (χ2v) is 6.56. The SMILES string of the molecule is COc1c(C(C)C)ccnc1B1OC(C)(C)C(C)(C)O1. The molecular formula is C15H24BNO3. The van der Waals surface area contributed by atoms with Gasteiger partial charge < -0.3 is 14.0 Å². The molecule has 5 heteroatoms. The maximum Gasteiger partial charge on any atom is 0.518 e. The van der Waals surface area contributed by atoms with E-state index < -0.39 is 7.12 Å². The molecule has 0 N–H and O–H groups in total. The van der Waals surface area contributed by atoms with Crippen molar-refractivity contribution in [3.8, 4) is 5.75 Å². The van der Waals surface area contributed by atoms with Gasteiger partial charge in [-0.1, -0.05) is 13.8 Å². The maximum absolute atomic E-state index is 6.06. The van der Waals surface area contributed by atoms with Crippen molar-refractivity contribution >= 4 is 12.7 Å². The lowest BCUT2D eigenvalue weighted by Crippen LogP contribution is -2.41. The fourth-order valence-electron chi connectivity index (χ4n) is 2.28. The van der Waals surface area contributed by atoms with Gasteiger partial charge in [-0.15, -0.1) is 0 Å². The summed E-state index contributed by atoms with van der Waals surface area (Å²) in [6.45, 7) is 12.4. The summed E-state index contributed by atoms with van der Waals surface area (Å²) in [6, 6.07) is 1.98. The van der Waals surface area contributed by atoms with E-state index in [1.165, 1.54) is 0 Å². The fourth-order valence-corrected chi connectivity index (χ4v) is 2.28. The molecule has 0 atom stereocenters. The third kappa shape index (κ3) is 2.45.